The van der Waals surface area contributed by atoms with Crippen molar-refractivity contribution in [2.24, 2.45) is 0 Å². The highest BCUT2D eigenvalue weighted by Crippen LogP contribution is 2.45. The van der Waals surface area contributed by atoms with E-state index in [1.54, 1.807) is 0 Å². The number of benzene rings is 2. The predicted molar refractivity (Wildman–Crippen MR) is 123 cm³/mol. The average Bonchev–Trinajstić information content (AvgIpc) is 2.68. The van der Waals surface area contributed by atoms with Gasteiger partial charge in [-0.25, -0.2) is 4.21 Å². The van der Waals surface area contributed by atoms with E-state index in [-0.39, 0.29) is 0 Å². The lowest BCUT2D eigenvalue weighted by molar-refractivity contribution is 0.224. The van der Waals surface area contributed by atoms with Crippen LogP contribution in [0.5, 0.6) is 0 Å². The minimum atomic E-state index is -2.26. The lowest BCUT2D eigenvalue weighted by Gasteiger charge is -2.43. The standard InChI is InChI=1S/C24H33NO2SSi/c1-17(2)29(18(3)4,19(5)6)27-23(16-25)22-10-8-9-11-24(22)28(26)21-14-12-20(7)13-15-21/h8-15,17-19,23H,1-7H3/t23-,28?/m1/s1. The van der Waals surface area contributed by atoms with Crippen molar-refractivity contribution in [3.05, 3.63) is 59.7 Å². The quantitative estimate of drug-likeness (QED) is 0.430. The van der Waals surface area contributed by atoms with Gasteiger partial charge in [0.15, 0.2) is 6.10 Å². The molecule has 2 rings (SSSR count). The van der Waals surface area contributed by atoms with Crippen molar-refractivity contribution in [1.82, 2.24) is 0 Å². The van der Waals surface area contributed by atoms with E-state index in [2.05, 4.69) is 47.6 Å². The highest BCUT2D eigenvalue weighted by molar-refractivity contribution is 7.85. The topological polar surface area (TPSA) is 50.1 Å². The SMILES string of the molecule is Cc1ccc(S(=O)c2ccccc2[C@@H](C#N)O[Si](C(C)C)(C(C)C)C(C)C)cc1. The molecule has 0 N–H and O–H groups in total. The minimum Gasteiger partial charge on any atom is -0.397 e. The van der Waals surface area contributed by atoms with Gasteiger partial charge in [0.25, 0.3) is 0 Å². The van der Waals surface area contributed by atoms with Gasteiger partial charge in [-0.2, -0.15) is 5.26 Å². The summed E-state index contributed by atoms with van der Waals surface area (Å²) in [5, 5.41) is 10.0. The summed E-state index contributed by atoms with van der Waals surface area (Å²) in [6.07, 6.45) is -0.723. The Labute approximate surface area is 179 Å². The van der Waals surface area contributed by atoms with Crippen LogP contribution in [-0.2, 0) is 15.2 Å². The smallest absolute Gasteiger partial charge is 0.202 e. The molecule has 0 radical (unpaired) electrons. The largest absolute Gasteiger partial charge is 0.397 e. The van der Waals surface area contributed by atoms with Crippen molar-refractivity contribution in [2.75, 3.05) is 0 Å². The third-order valence-electron chi connectivity index (χ3n) is 5.78. The molecule has 0 fully saturated rings. The summed E-state index contributed by atoms with van der Waals surface area (Å²) < 4.78 is 20.1. The number of aryl methyl sites for hydroxylation is 1. The zero-order valence-electron chi connectivity index (χ0n) is 18.6. The highest BCUT2D eigenvalue weighted by atomic mass is 32.2. The van der Waals surface area contributed by atoms with Crippen molar-refractivity contribution >= 4 is 19.1 Å². The Bertz CT molecular complexity index is 863. The van der Waals surface area contributed by atoms with E-state index in [4.69, 9.17) is 4.43 Å². The van der Waals surface area contributed by atoms with Crippen LogP contribution in [0.1, 0.15) is 58.8 Å². The molecule has 0 bridgehead atoms. The molecule has 0 amide bonds. The summed E-state index contributed by atoms with van der Waals surface area (Å²) in [5.41, 5.74) is 2.95. The highest BCUT2D eigenvalue weighted by Gasteiger charge is 2.47. The van der Waals surface area contributed by atoms with Crippen molar-refractivity contribution in [1.29, 1.82) is 5.26 Å². The van der Waals surface area contributed by atoms with Gasteiger partial charge in [-0.3, -0.25) is 0 Å². The molecule has 2 aromatic rings. The lowest BCUT2D eigenvalue weighted by Crippen LogP contribution is -2.48. The van der Waals surface area contributed by atoms with Gasteiger partial charge in [0, 0.05) is 10.5 Å². The summed E-state index contributed by atoms with van der Waals surface area (Å²) in [5.74, 6) is 0. The Kier molecular flexibility index (Phi) is 7.99. The minimum absolute atomic E-state index is 0.369. The Hall–Kier alpha value is -1.74. The first-order valence-electron chi connectivity index (χ1n) is 10.3. The molecule has 156 valence electrons. The Morgan fingerprint density at radius 1 is 0.897 bits per heavy atom. The number of rotatable bonds is 8. The fourth-order valence-corrected chi connectivity index (χ4v) is 11.1. The molecule has 29 heavy (non-hydrogen) atoms. The van der Waals surface area contributed by atoms with Gasteiger partial charge in [-0.05, 0) is 41.7 Å². The van der Waals surface area contributed by atoms with Crippen LogP contribution < -0.4 is 0 Å². The van der Waals surface area contributed by atoms with Crippen LogP contribution in [-0.4, -0.2) is 12.5 Å². The van der Waals surface area contributed by atoms with E-state index in [9.17, 15) is 9.47 Å². The van der Waals surface area contributed by atoms with E-state index in [1.807, 2.05) is 55.5 Å². The van der Waals surface area contributed by atoms with Crippen LogP contribution in [0.25, 0.3) is 0 Å². The molecule has 0 saturated carbocycles. The molecular weight excluding hydrogens is 394 g/mol. The van der Waals surface area contributed by atoms with E-state index in [0.29, 0.717) is 27.1 Å². The molecule has 0 aliphatic heterocycles. The number of nitriles is 1. The molecule has 3 nitrogen and oxygen atoms in total. The number of hydrogen-bond acceptors (Lipinski definition) is 3. The van der Waals surface area contributed by atoms with Crippen LogP contribution in [0.3, 0.4) is 0 Å². The van der Waals surface area contributed by atoms with Crippen molar-refractivity contribution < 1.29 is 8.63 Å². The van der Waals surface area contributed by atoms with Crippen molar-refractivity contribution in [3.63, 3.8) is 0 Å². The number of hydrogen-bond donors (Lipinski definition) is 0. The first kappa shape index (κ1) is 23.5. The molecule has 1 unspecified atom stereocenters. The zero-order valence-corrected chi connectivity index (χ0v) is 20.4. The third kappa shape index (κ3) is 4.88. The zero-order chi connectivity index (χ0) is 21.8. The second-order valence-corrected chi connectivity index (χ2v) is 15.4. The van der Waals surface area contributed by atoms with Crippen molar-refractivity contribution in [2.45, 2.75) is 81.0 Å². The third-order valence-corrected chi connectivity index (χ3v) is 13.3. The van der Waals surface area contributed by atoms with E-state index in [1.165, 1.54) is 0 Å². The fraction of sp³-hybridized carbons (Fsp3) is 0.458. The molecule has 0 heterocycles. The van der Waals surface area contributed by atoms with Crippen LogP contribution in [0, 0.1) is 18.3 Å². The monoisotopic (exact) mass is 427 g/mol. The van der Waals surface area contributed by atoms with Gasteiger partial charge in [0.1, 0.15) is 0 Å². The Balaban J connectivity index is 2.51. The fourth-order valence-electron chi connectivity index (χ4n) is 4.43. The molecule has 0 spiro atoms. The van der Waals surface area contributed by atoms with Gasteiger partial charge in [-0.15, -0.1) is 0 Å². The van der Waals surface area contributed by atoms with Gasteiger partial charge < -0.3 is 4.43 Å². The molecule has 0 aliphatic carbocycles. The van der Waals surface area contributed by atoms with Gasteiger partial charge in [-0.1, -0.05) is 77.4 Å². The molecular formula is C24H33NO2SSi. The normalized spacial score (nSPS) is 14.2. The van der Waals surface area contributed by atoms with Gasteiger partial charge in [0.2, 0.25) is 8.32 Å². The summed E-state index contributed by atoms with van der Waals surface area (Å²) in [7, 11) is -3.63. The number of nitrogens with zero attached hydrogens (tertiary/aromatic N) is 1. The van der Waals surface area contributed by atoms with Crippen LogP contribution >= 0.6 is 0 Å². The maximum absolute atomic E-state index is 13.3. The molecule has 2 atom stereocenters. The Morgan fingerprint density at radius 2 is 1.41 bits per heavy atom. The van der Waals surface area contributed by atoms with E-state index in [0.717, 1.165) is 10.5 Å². The summed E-state index contributed by atoms with van der Waals surface area (Å²) in [6.45, 7) is 15.2. The van der Waals surface area contributed by atoms with E-state index >= 15 is 0 Å². The summed E-state index contributed by atoms with van der Waals surface area (Å²) >= 11 is 0. The van der Waals surface area contributed by atoms with Crippen molar-refractivity contribution in [3.8, 4) is 6.07 Å². The molecule has 0 aliphatic rings. The molecule has 0 aromatic heterocycles. The predicted octanol–water partition coefficient (Wildman–Crippen LogP) is 6.92. The lowest BCUT2D eigenvalue weighted by atomic mass is 10.1. The summed E-state index contributed by atoms with van der Waals surface area (Å²) in [4.78, 5) is 1.39. The maximum atomic E-state index is 13.3. The second-order valence-electron chi connectivity index (χ2n) is 8.56. The molecule has 0 saturated heterocycles. The summed E-state index contributed by atoms with van der Waals surface area (Å²) in [6, 6.07) is 17.6. The molecule has 2 aromatic carbocycles. The van der Waals surface area contributed by atoms with Crippen LogP contribution in [0.4, 0.5) is 0 Å². The second kappa shape index (κ2) is 9.84. The first-order chi connectivity index (χ1) is 13.6. The van der Waals surface area contributed by atoms with Gasteiger partial charge in [0.05, 0.1) is 21.8 Å². The van der Waals surface area contributed by atoms with Gasteiger partial charge >= 0.3 is 0 Å². The maximum Gasteiger partial charge on any atom is 0.202 e. The first-order valence-corrected chi connectivity index (χ1v) is 13.6. The Morgan fingerprint density at radius 3 is 1.90 bits per heavy atom. The van der Waals surface area contributed by atoms with Crippen LogP contribution in [0.15, 0.2) is 58.3 Å². The molecule has 5 heteroatoms. The van der Waals surface area contributed by atoms with E-state index < -0.39 is 25.2 Å². The average molecular weight is 428 g/mol. The van der Waals surface area contributed by atoms with Crippen LogP contribution in [0.2, 0.25) is 16.6 Å².